The summed E-state index contributed by atoms with van der Waals surface area (Å²) < 4.78 is 74.1. The van der Waals surface area contributed by atoms with Crippen LogP contribution in [0.3, 0.4) is 0 Å². The van der Waals surface area contributed by atoms with Gasteiger partial charge in [-0.05, 0) is 12.1 Å². The molecule has 0 saturated heterocycles. The Hall–Kier alpha value is -4.60. The van der Waals surface area contributed by atoms with E-state index in [1.165, 1.54) is 35.2 Å². The number of benzene rings is 1. The van der Waals surface area contributed by atoms with Gasteiger partial charge in [0.05, 0.1) is 25.0 Å². The number of phenolic OH excluding ortho intramolecular Hbond substituents is 1. The number of aromatic hydroxyl groups is 1. The minimum Gasteiger partial charge on any atom is -0.508 e. The molecule has 0 fully saturated rings. The third kappa shape index (κ3) is 5.04. The number of carbonyl (C=O) groups is 1. The summed E-state index contributed by atoms with van der Waals surface area (Å²) in [6, 6.07) is 6.38. The number of aliphatic hydroxyl groups is 1. The minimum absolute atomic E-state index is 0.0128. The maximum Gasteiger partial charge on any atom is 0.428 e. The molecule has 0 aliphatic carbocycles. The topological polar surface area (TPSA) is 165 Å². The monoisotopic (exact) mass is 525 g/mol. The Kier molecular flexibility index (Phi) is 6.51. The van der Waals surface area contributed by atoms with Gasteiger partial charge in [0.1, 0.15) is 29.2 Å². The first-order chi connectivity index (χ1) is 17.4. The lowest BCUT2D eigenvalue weighted by Crippen LogP contribution is -2.59. The second-order valence-corrected chi connectivity index (χ2v) is 7.70. The van der Waals surface area contributed by atoms with E-state index in [9.17, 15) is 37.0 Å². The van der Waals surface area contributed by atoms with E-state index in [2.05, 4.69) is 26.0 Å². The Labute approximate surface area is 203 Å². The predicted molar refractivity (Wildman–Crippen MR) is 115 cm³/mol. The second-order valence-electron chi connectivity index (χ2n) is 7.70. The van der Waals surface area contributed by atoms with Gasteiger partial charge in [0.15, 0.2) is 17.5 Å². The van der Waals surface area contributed by atoms with Crippen LogP contribution >= 0.6 is 0 Å². The van der Waals surface area contributed by atoms with E-state index in [-0.39, 0.29) is 35.1 Å². The lowest BCUT2D eigenvalue weighted by atomic mass is 10.0. The van der Waals surface area contributed by atoms with Gasteiger partial charge in [0.25, 0.3) is 11.5 Å². The summed E-state index contributed by atoms with van der Waals surface area (Å²) in [7, 11) is 0. The fourth-order valence-corrected chi connectivity index (χ4v) is 3.18. The Bertz CT molecular complexity index is 1440. The number of anilines is 1. The smallest absolute Gasteiger partial charge is 0.428 e. The van der Waals surface area contributed by atoms with Gasteiger partial charge in [-0.2, -0.15) is 18.3 Å². The molecule has 0 unspecified atom stereocenters. The van der Waals surface area contributed by atoms with Gasteiger partial charge in [-0.25, -0.2) is 18.7 Å². The number of carbonyl (C=O) groups excluding carboxylic acids is 1. The van der Waals surface area contributed by atoms with Crippen LogP contribution < -0.4 is 11.1 Å². The van der Waals surface area contributed by atoms with Crippen molar-refractivity contribution < 1.29 is 41.5 Å². The van der Waals surface area contributed by atoms with Crippen LogP contribution in [0.1, 0.15) is 5.56 Å². The van der Waals surface area contributed by atoms with Crippen LogP contribution in [-0.4, -0.2) is 59.3 Å². The van der Waals surface area contributed by atoms with Crippen LogP contribution in [0.4, 0.5) is 27.8 Å². The standard InChI is InChI=1S/C21H16F5N7O4/c22-12-5-11(34)2-1-10(12)8-33-16(14-3-4-37-32-14)6-15(31-33)18-28-7-13(23)17(30-18)29-9-20(36,19(27)35)21(24,25)26/h1-7,34,36H,8-9H2,(H2,27,35)(H,28,29,30)/t20-/m0/s1. The zero-order chi connectivity index (χ0) is 27.0. The SMILES string of the molecule is NC(=O)[C@@](O)(CNc1nc(-c2cc(-c3ccon3)n(Cc3ccc(O)cc3F)n2)ncc1F)C(F)(F)F. The molecule has 37 heavy (non-hydrogen) atoms. The second kappa shape index (κ2) is 9.45. The number of nitrogens with one attached hydrogen (secondary N) is 1. The predicted octanol–water partition coefficient (Wildman–Crippen LogP) is 2.22. The van der Waals surface area contributed by atoms with E-state index in [0.29, 0.717) is 11.9 Å². The summed E-state index contributed by atoms with van der Waals surface area (Å²) in [6.07, 6.45) is -3.55. The molecule has 4 aromatic rings. The number of nitrogens with zero attached hydrogens (tertiary/aromatic N) is 5. The summed E-state index contributed by atoms with van der Waals surface area (Å²) in [4.78, 5) is 18.8. The Balaban J connectivity index is 1.69. The fraction of sp³-hybridized carbons (Fsp3) is 0.190. The molecule has 1 atom stereocenters. The number of nitrogens with two attached hydrogens (primary N) is 1. The fourth-order valence-electron chi connectivity index (χ4n) is 3.18. The van der Waals surface area contributed by atoms with Gasteiger partial charge < -0.3 is 25.8 Å². The van der Waals surface area contributed by atoms with Crippen molar-refractivity contribution in [1.82, 2.24) is 24.9 Å². The minimum atomic E-state index is -5.45. The van der Waals surface area contributed by atoms with E-state index < -0.39 is 41.7 Å². The van der Waals surface area contributed by atoms with E-state index in [4.69, 9.17) is 4.52 Å². The maximum absolute atomic E-state index is 14.3. The van der Waals surface area contributed by atoms with Gasteiger partial charge in [-0.1, -0.05) is 11.2 Å². The number of halogens is 5. The first-order valence-corrected chi connectivity index (χ1v) is 10.2. The van der Waals surface area contributed by atoms with Gasteiger partial charge in [0, 0.05) is 17.7 Å². The third-order valence-electron chi connectivity index (χ3n) is 5.20. The van der Waals surface area contributed by atoms with Gasteiger partial charge in [-0.3, -0.25) is 9.48 Å². The molecule has 1 aromatic carbocycles. The lowest BCUT2D eigenvalue weighted by molar-refractivity contribution is -0.245. The maximum atomic E-state index is 14.3. The highest BCUT2D eigenvalue weighted by Gasteiger charge is 2.58. The molecule has 5 N–H and O–H groups in total. The highest BCUT2D eigenvalue weighted by molar-refractivity contribution is 5.85. The van der Waals surface area contributed by atoms with Crippen LogP contribution in [0.2, 0.25) is 0 Å². The normalized spacial score (nSPS) is 13.4. The number of rotatable bonds is 8. The molecule has 0 radical (unpaired) electrons. The van der Waals surface area contributed by atoms with Crippen molar-refractivity contribution in [1.29, 1.82) is 0 Å². The summed E-state index contributed by atoms with van der Waals surface area (Å²) >= 11 is 0. The number of hydrogen-bond acceptors (Lipinski definition) is 9. The molecule has 16 heteroatoms. The molecule has 1 amide bonds. The number of hydrogen-bond donors (Lipinski definition) is 4. The molecule has 0 spiro atoms. The Morgan fingerprint density at radius 3 is 2.51 bits per heavy atom. The molecule has 11 nitrogen and oxygen atoms in total. The highest BCUT2D eigenvalue weighted by atomic mass is 19.4. The summed E-state index contributed by atoms with van der Waals surface area (Å²) in [5, 5.41) is 29.1. The first kappa shape index (κ1) is 25.5. The van der Waals surface area contributed by atoms with E-state index in [1.807, 2.05) is 5.32 Å². The zero-order valence-electron chi connectivity index (χ0n) is 18.4. The molecular weight excluding hydrogens is 509 g/mol. The van der Waals surface area contributed by atoms with Crippen LogP contribution in [0.25, 0.3) is 22.9 Å². The molecule has 0 saturated carbocycles. The van der Waals surface area contributed by atoms with E-state index in [1.54, 1.807) is 0 Å². The largest absolute Gasteiger partial charge is 0.508 e. The van der Waals surface area contributed by atoms with Crippen molar-refractivity contribution in [2.75, 3.05) is 11.9 Å². The number of alkyl halides is 3. The van der Waals surface area contributed by atoms with Crippen molar-refractivity contribution in [2.24, 2.45) is 5.73 Å². The van der Waals surface area contributed by atoms with Crippen molar-refractivity contribution >= 4 is 11.7 Å². The third-order valence-corrected chi connectivity index (χ3v) is 5.20. The summed E-state index contributed by atoms with van der Waals surface area (Å²) in [6.45, 7) is -1.68. The van der Waals surface area contributed by atoms with Crippen molar-refractivity contribution in [3.8, 4) is 28.7 Å². The molecule has 0 aliphatic heterocycles. The molecule has 3 aromatic heterocycles. The average Bonchev–Trinajstić information content (AvgIpc) is 3.49. The molecular formula is C21H16F5N7O4. The van der Waals surface area contributed by atoms with Crippen molar-refractivity contribution in [3.05, 3.63) is 60.0 Å². The summed E-state index contributed by atoms with van der Waals surface area (Å²) in [5.41, 5.74) is 1.37. The van der Waals surface area contributed by atoms with Crippen molar-refractivity contribution in [3.63, 3.8) is 0 Å². The van der Waals surface area contributed by atoms with Crippen molar-refractivity contribution in [2.45, 2.75) is 18.3 Å². The number of phenols is 1. The highest BCUT2D eigenvalue weighted by Crippen LogP contribution is 2.31. The van der Waals surface area contributed by atoms with Crippen LogP contribution in [-0.2, 0) is 11.3 Å². The van der Waals surface area contributed by atoms with Crippen LogP contribution in [0.5, 0.6) is 5.75 Å². The Morgan fingerprint density at radius 1 is 1.14 bits per heavy atom. The lowest BCUT2D eigenvalue weighted by Gasteiger charge is -2.27. The molecule has 0 aliphatic rings. The number of primary amides is 1. The summed E-state index contributed by atoms with van der Waals surface area (Å²) in [5.74, 6) is -5.35. The molecule has 194 valence electrons. The van der Waals surface area contributed by atoms with Crippen LogP contribution in [0.15, 0.2) is 47.3 Å². The first-order valence-electron chi connectivity index (χ1n) is 10.2. The van der Waals surface area contributed by atoms with E-state index in [0.717, 1.165) is 6.07 Å². The van der Waals surface area contributed by atoms with Crippen LogP contribution in [0, 0.1) is 11.6 Å². The van der Waals surface area contributed by atoms with Gasteiger partial charge in [-0.15, -0.1) is 0 Å². The molecule has 3 heterocycles. The molecule has 0 bridgehead atoms. The average molecular weight is 525 g/mol. The number of aromatic nitrogens is 5. The van der Waals surface area contributed by atoms with E-state index >= 15 is 0 Å². The molecule has 4 rings (SSSR count). The quantitative estimate of drug-likeness (QED) is 0.252. The Morgan fingerprint density at radius 2 is 1.89 bits per heavy atom. The zero-order valence-corrected chi connectivity index (χ0v) is 18.4. The van der Waals surface area contributed by atoms with Gasteiger partial charge in [0.2, 0.25) is 0 Å². The number of amides is 1. The van der Waals surface area contributed by atoms with Gasteiger partial charge >= 0.3 is 6.18 Å².